The third kappa shape index (κ3) is 3.84. The maximum Gasteiger partial charge on any atom is 0.306 e. The molecule has 0 radical (unpaired) electrons. The lowest BCUT2D eigenvalue weighted by Crippen LogP contribution is -2.15. The summed E-state index contributed by atoms with van der Waals surface area (Å²) in [6, 6.07) is 7.28. The number of carbonyl (C=O) groups is 1. The van der Waals surface area contributed by atoms with Crippen LogP contribution in [0.1, 0.15) is 23.7 Å². The van der Waals surface area contributed by atoms with Gasteiger partial charge in [0.05, 0.1) is 17.3 Å². The summed E-state index contributed by atoms with van der Waals surface area (Å²) in [6.07, 6.45) is 0.360. The molecule has 1 N–H and O–H groups in total. The number of thiophene rings is 1. The molecular formula is C19H16N4O4S. The molecule has 0 spiro atoms. The first-order valence-electron chi connectivity index (χ1n) is 8.59. The zero-order valence-corrected chi connectivity index (χ0v) is 15.8. The molecule has 3 heterocycles. The number of fused-ring (bicyclic) bond motifs is 1. The molecule has 0 saturated carbocycles. The van der Waals surface area contributed by atoms with Crippen LogP contribution in [0.3, 0.4) is 0 Å². The SMILES string of the molecule is Cc1cccc2c(=O)[nH]c(COC(=O)CCc3nc(-c4ccsc4)no3)nc12. The van der Waals surface area contributed by atoms with Gasteiger partial charge < -0.3 is 14.2 Å². The van der Waals surface area contributed by atoms with Crippen LogP contribution in [0.25, 0.3) is 22.3 Å². The van der Waals surface area contributed by atoms with Gasteiger partial charge in [-0.3, -0.25) is 9.59 Å². The number of aryl methyl sites for hydroxylation is 2. The van der Waals surface area contributed by atoms with Gasteiger partial charge >= 0.3 is 5.97 Å². The fraction of sp³-hybridized carbons (Fsp3) is 0.211. The highest BCUT2D eigenvalue weighted by Gasteiger charge is 2.13. The summed E-state index contributed by atoms with van der Waals surface area (Å²) in [4.78, 5) is 35.4. The normalized spacial score (nSPS) is 11.0. The minimum Gasteiger partial charge on any atom is -0.458 e. The van der Waals surface area contributed by atoms with E-state index in [1.165, 1.54) is 0 Å². The number of benzene rings is 1. The van der Waals surface area contributed by atoms with Crippen molar-refractivity contribution < 1.29 is 14.1 Å². The van der Waals surface area contributed by atoms with Crippen LogP contribution in [0.5, 0.6) is 0 Å². The molecule has 0 aliphatic carbocycles. The molecule has 3 aromatic heterocycles. The van der Waals surface area contributed by atoms with Gasteiger partial charge in [-0.1, -0.05) is 17.3 Å². The van der Waals surface area contributed by atoms with Crippen molar-refractivity contribution in [3.05, 3.63) is 62.7 Å². The maximum absolute atomic E-state index is 12.1. The molecule has 4 aromatic rings. The number of nitrogens with zero attached hydrogens (tertiary/aromatic N) is 3. The van der Waals surface area contributed by atoms with Gasteiger partial charge in [-0.25, -0.2) is 4.98 Å². The first kappa shape index (κ1) is 18.1. The van der Waals surface area contributed by atoms with Gasteiger partial charge in [0.15, 0.2) is 0 Å². The molecule has 4 rings (SSSR count). The number of hydrogen-bond donors (Lipinski definition) is 1. The van der Waals surface area contributed by atoms with Crippen molar-refractivity contribution in [1.29, 1.82) is 0 Å². The van der Waals surface area contributed by atoms with Crippen LogP contribution in [0.2, 0.25) is 0 Å². The van der Waals surface area contributed by atoms with E-state index in [9.17, 15) is 9.59 Å². The fourth-order valence-corrected chi connectivity index (χ4v) is 3.35. The smallest absolute Gasteiger partial charge is 0.306 e. The zero-order valence-electron chi connectivity index (χ0n) is 15.0. The van der Waals surface area contributed by atoms with Gasteiger partial charge in [0.25, 0.3) is 5.56 Å². The Balaban J connectivity index is 1.35. The highest BCUT2D eigenvalue weighted by Crippen LogP contribution is 2.19. The van der Waals surface area contributed by atoms with E-state index < -0.39 is 5.97 Å². The Morgan fingerprint density at radius 2 is 2.18 bits per heavy atom. The van der Waals surface area contributed by atoms with Crippen LogP contribution in [0.15, 0.2) is 44.3 Å². The van der Waals surface area contributed by atoms with Gasteiger partial charge in [-0.15, -0.1) is 0 Å². The van der Waals surface area contributed by atoms with E-state index in [2.05, 4.69) is 20.1 Å². The van der Waals surface area contributed by atoms with E-state index in [0.29, 0.717) is 28.4 Å². The molecule has 0 aliphatic rings. The molecule has 0 aliphatic heterocycles. The molecule has 0 saturated heterocycles. The highest BCUT2D eigenvalue weighted by molar-refractivity contribution is 7.08. The van der Waals surface area contributed by atoms with Crippen LogP contribution < -0.4 is 5.56 Å². The Hall–Kier alpha value is -3.33. The van der Waals surface area contributed by atoms with Crippen LogP contribution in [-0.2, 0) is 22.6 Å². The Kier molecular flexibility index (Phi) is 4.98. The van der Waals surface area contributed by atoms with Gasteiger partial charge in [0, 0.05) is 17.4 Å². The minimum atomic E-state index is -0.442. The summed E-state index contributed by atoms with van der Waals surface area (Å²) in [7, 11) is 0. The number of carbonyl (C=O) groups excluding carboxylic acids is 1. The van der Waals surface area contributed by atoms with E-state index >= 15 is 0 Å². The second-order valence-electron chi connectivity index (χ2n) is 6.17. The van der Waals surface area contributed by atoms with Crippen molar-refractivity contribution in [2.45, 2.75) is 26.4 Å². The number of ether oxygens (including phenoxy) is 1. The van der Waals surface area contributed by atoms with Crippen LogP contribution in [0.4, 0.5) is 0 Å². The Bertz CT molecular complexity index is 1180. The number of rotatable bonds is 6. The summed E-state index contributed by atoms with van der Waals surface area (Å²) in [5, 5.41) is 8.25. The summed E-state index contributed by atoms with van der Waals surface area (Å²) in [6.45, 7) is 1.77. The van der Waals surface area contributed by atoms with Crippen molar-refractivity contribution in [1.82, 2.24) is 20.1 Å². The monoisotopic (exact) mass is 396 g/mol. The van der Waals surface area contributed by atoms with Gasteiger partial charge in [0.1, 0.15) is 12.4 Å². The van der Waals surface area contributed by atoms with Crippen molar-refractivity contribution in [2.24, 2.45) is 0 Å². The van der Waals surface area contributed by atoms with Crippen LogP contribution >= 0.6 is 11.3 Å². The molecule has 142 valence electrons. The third-order valence-electron chi connectivity index (χ3n) is 4.15. The lowest BCUT2D eigenvalue weighted by atomic mass is 10.1. The molecule has 0 bridgehead atoms. The second-order valence-corrected chi connectivity index (χ2v) is 6.95. The number of para-hydroxylation sites is 1. The Morgan fingerprint density at radius 3 is 3.00 bits per heavy atom. The number of aromatic amines is 1. The minimum absolute atomic E-state index is 0.0854. The van der Waals surface area contributed by atoms with Crippen LogP contribution in [0, 0.1) is 6.92 Å². The molecule has 0 fully saturated rings. The van der Waals surface area contributed by atoms with Crippen molar-refractivity contribution in [3.8, 4) is 11.4 Å². The standard InChI is InChI=1S/C19H16N4O4S/c1-11-3-2-4-13-17(11)20-14(21-19(13)25)9-26-16(24)6-5-15-22-18(23-27-15)12-7-8-28-10-12/h2-4,7-8,10H,5-6,9H2,1H3,(H,20,21,25). The lowest BCUT2D eigenvalue weighted by molar-refractivity contribution is -0.145. The quantitative estimate of drug-likeness (QED) is 0.499. The van der Waals surface area contributed by atoms with Crippen molar-refractivity contribution >= 4 is 28.2 Å². The van der Waals surface area contributed by atoms with E-state index in [1.54, 1.807) is 23.5 Å². The molecule has 9 heteroatoms. The molecule has 8 nitrogen and oxygen atoms in total. The molecule has 0 atom stereocenters. The van der Waals surface area contributed by atoms with E-state index in [4.69, 9.17) is 9.26 Å². The maximum atomic E-state index is 12.1. The van der Waals surface area contributed by atoms with E-state index in [-0.39, 0.29) is 25.0 Å². The van der Waals surface area contributed by atoms with Crippen molar-refractivity contribution in [2.75, 3.05) is 0 Å². The first-order chi connectivity index (χ1) is 13.6. The number of H-pyrrole nitrogens is 1. The zero-order chi connectivity index (χ0) is 19.5. The largest absolute Gasteiger partial charge is 0.458 e. The average molecular weight is 396 g/mol. The Morgan fingerprint density at radius 1 is 1.29 bits per heavy atom. The number of esters is 1. The molecular weight excluding hydrogens is 380 g/mol. The molecule has 1 aromatic carbocycles. The molecule has 0 unspecified atom stereocenters. The number of aromatic nitrogens is 4. The lowest BCUT2D eigenvalue weighted by Gasteiger charge is -2.06. The predicted molar refractivity (Wildman–Crippen MR) is 103 cm³/mol. The fourth-order valence-electron chi connectivity index (χ4n) is 2.72. The van der Waals surface area contributed by atoms with E-state index in [0.717, 1.165) is 11.1 Å². The van der Waals surface area contributed by atoms with Gasteiger partial charge in [-0.05, 0) is 30.0 Å². The summed E-state index contributed by atoms with van der Waals surface area (Å²) >= 11 is 1.54. The summed E-state index contributed by atoms with van der Waals surface area (Å²) in [5.74, 6) is 0.726. The van der Waals surface area contributed by atoms with E-state index in [1.807, 2.05) is 29.8 Å². The predicted octanol–water partition coefficient (Wildman–Crippen LogP) is 3.02. The third-order valence-corrected chi connectivity index (χ3v) is 4.83. The number of hydrogen-bond acceptors (Lipinski definition) is 8. The topological polar surface area (TPSA) is 111 Å². The van der Waals surface area contributed by atoms with Gasteiger partial charge in [0.2, 0.25) is 11.7 Å². The second kappa shape index (κ2) is 7.73. The summed E-state index contributed by atoms with van der Waals surface area (Å²) < 4.78 is 10.4. The highest BCUT2D eigenvalue weighted by atomic mass is 32.1. The molecule has 28 heavy (non-hydrogen) atoms. The summed E-state index contributed by atoms with van der Waals surface area (Å²) in [5.41, 5.74) is 2.11. The first-order valence-corrected chi connectivity index (χ1v) is 9.54. The average Bonchev–Trinajstić information content (AvgIpc) is 3.37. The van der Waals surface area contributed by atoms with Crippen molar-refractivity contribution in [3.63, 3.8) is 0 Å². The Labute approximate surface area is 163 Å². The molecule has 0 amide bonds. The van der Waals surface area contributed by atoms with Crippen LogP contribution in [-0.4, -0.2) is 26.1 Å². The van der Waals surface area contributed by atoms with Gasteiger partial charge in [-0.2, -0.15) is 16.3 Å². The number of nitrogens with one attached hydrogen (secondary N) is 1.